The fraction of sp³-hybridized carbons (Fsp3) is 0.273. The van der Waals surface area contributed by atoms with Crippen LogP contribution in [0.25, 0.3) is 10.9 Å². The molecule has 0 aliphatic heterocycles. The predicted octanol–water partition coefficient (Wildman–Crippen LogP) is 3.69. The zero-order chi connectivity index (χ0) is 22.5. The Hall–Kier alpha value is -3.20. The Morgan fingerprint density at radius 1 is 1.26 bits per heavy atom. The molecule has 0 aliphatic carbocycles. The molecule has 0 amide bonds. The van der Waals surface area contributed by atoms with Crippen LogP contribution in [-0.2, 0) is 9.53 Å². The lowest BCUT2D eigenvalue weighted by atomic mass is 10.2. The average Bonchev–Trinajstić information content (AvgIpc) is 2.75. The fourth-order valence-electron chi connectivity index (χ4n) is 2.90. The number of aryl methyl sites for hydroxylation is 1. The normalized spacial score (nSPS) is 12.2. The third-order valence-electron chi connectivity index (χ3n) is 4.40. The van der Waals surface area contributed by atoms with Crippen LogP contribution >= 0.6 is 15.9 Å². The average molecular weight is 488 g/mol. The Bertz CT molecular complexity index is 1210. The van der Waals surface area contributed by atoms with Gasteiger partial charge in [-0.05, 0) is 62.7 Å². The summed E-state index contributed by atoms with van der Waals surface area (Å²) in [5.74, 6) is 0.834. The van der Waals surface area contributed by atoms with Crippen molar-refractivity contribution in [3.63, 3.8) is 0 Å². The number of hydrogen-bond acceptors (Lipinski definition) is 7. The van der Waals surface area contributed by atoms with Gasteiger partial charge in [0.2, 0.25) is 0 Å². The van der Waals surface area contributed by atoms with E-state index < -0.39 is 12.1 Å². The summed E-state index contributed by atoms with van der Waals surface area (Å²) >= 11 is 3.38. The van der Waals surface area contributed by atoms with Crippen molar-refractivity contribution in [2.24, 2.45) is 5.10 Å². The van der Waals surface area contributed by atoms with E-state index in [1.165, 1.54) is 18.0 Å². The van der Waals surface area contributed by atoms with Crippen molar-refractivity contribution in [3.05, 3.63) is 62.6 Å². The van der Waals surface area contributed by atoms with Crippen molar-refractivity contribution in [3.8, 4) is 11.5 Å². The molecule has 2 aromatic carbocycles. The second-order valence-electron chi connectivity index (χ2n) is 6.60. The molecule has 0 fully saturated rings. The van der Waals surface area contributed by atoms with Gasteiger partial charge in [0.25, 0.3) is 5.56 Å². The second-order valence-corrected chi connectivity index (χ2v) is 7.52. The van der Waals surface area contributed by atoms with Gasteiger partial charge in [-0.3, -0.25) is 4.79 Å². The summed E-state index contributed by atoms with van der Waals surface area (Å²) in [4.78, 5) is 28.9. The number of rotatable bonds is 7. The van der Waals surface area contributed by atoms with E-state index in [0.717, 1.165) is 4.47 Å². The summed E-state index contributed by atoms with van der Waals surface area (Å²) in [6, 6.07) is 10.5. The van der Waals surface area contributed by atoms with Gasteiger partial charge in [0.15, 0.2) is 17.6 Å². The second kappa shape index (κ2) is 9.74. The number of aromatic nitrogens is 2. The highest BCUT2D eigenvalue weighted by Crippen LogP contribution is 2.29. The van der Waals surface area contributed by atoms with E-state index >= 15 is 0 Å². The van der Waals surface area contributed by atoms with Gasteiger partial charge in [-0.15, -0.1) is 0 Å². The number of carbonyl (C=O) groups excluding carboxylic acids is 1. The van der Waals surface area contributed by atoms with Gasteiger partial charge in [-0.2, -0.15) is 9.78 Å². The number of benzene rings is 2. The third-order valence-corrected chi connectivity index (χ3v) is 4.89. The van der Waals surface area contributed by atoms with Crippen LogP contribution in [0.5, 0.6) is 11.5 Å². The van der Waals surface area contributed by atoms with Crippen molar-refractivity contribution < 1.29 is 19.0 Å². The maximum atomic E-state index is 12.9. The monoisotopic (exact) mass is 487 g/mol. The van der Waals surface area contributed by atoms with Crippen LogP contribution in [0.4, 0.5) is 0 Å². The molecule has 3 rings (SSSR count). The number of ether oxygens (including phenoxy) is 3. The quantitative estimate of drug-likeness (QED) is 0.372. The van der Waals surface area contributed by atoms with Crippen molar-refractivity contribution in [1.82, 2.24) is 9.66 Å². The van der Waals surface area contributed by atoms with Crippen LogP contribution in [0.1, 0.15) is 25.2 Å². The number of fused-ring (bicyclic) bond motifs is 1. The number of esters is 1. The van der Waals surface area contributed by atoms with Gasteiger partial charge >= 0.3 is 5.97 Å². The Kier molecular flexibility index (Phi) is 7.06. The molecule has 0 saturated heterocycles. The van der Waals surface area contributed by atoms with Gasteiger partial charge in [0.05, 0.1) is 30.8 Å². The van der Waals surface area contributed by atoms with E-state index in [9.17, 15) is 9.59 Å². The van der Waals surface area contributed by atoms with E-state index in [1.807, 2.05) is 13.0 Å². The standard InChI is InChI=1S/C22H22BrN3O5/c1-5-30-20-10-15(6-9-19(20)31-13(2)22(28)29-4)12-24-26-14(3)25-18-8-7-16(23)11-17(18)21(26)27/h6-13H,5H2,1-4H3/t13-/m1/s1. The topological polar surface area (TPSA) is 92.0 Å². The van der Waals surface area contributed by atoms with Crippen molar-refractivity contribution in [1.29, 1.82) is 0 Å². The largest absolute Gasteiger partial charge is 0.490 e. The fourth-order valence-corrected chi connectivity index (χ4v) is 3.26. The Balaban J connectivity index is 1.94. The molecule has 0 aliphatic rings. The zero-order valence-corrected chi connectivity index (χ0v) is 19.2. The minimum atomic E-state index is -0.784. The molecule has 0 saturated carbocycles. The van der Waals surface area contributed by atoms with Gasteiger partial charge in [0.1, 0.15) is 5.82 Å². The van der Waals surface area contributed by atoms with E-state index in [-0.39, 0.29) is 5.56 Å². The van der Waals surface area contributed by atoms with Crippen LogP contribution in [-0.4, -0.2) is 41.7 Å². The van der Waals surface area contributed by atoms with Gasteiger partial charge in [-0.1, -0.05) is 15.9 Å². The minimum absolute atomic E-state index is 0.267. The Morgan fingerprint density at radius 2 is 2.03 bits per heavy atom. The van der Waals surface area contributed by atoms with Crippen molar-refractivity contribution in [2.75, 3.05) is 13.7 Å². The Labute approximate surface area is 187 Å². The molecular weight excluding hydrogens is 466 g/mol. The van der Waals surface area contributed by atoms with E-state index in [4.69, 9.17) is 9.47 Å². The lowest BCUT2D eigenvalue weighted by molar-refractivity contribution is -0.147. The molecule has 1 aromatic heterocycles. The first-order valence-corrected chi connectivity index (χ1v) is 10.4. The summed E-state index contributed by atoms with van der Waals surface area (Å²) in [6.45, 7) is 5.57. The number of carbonyl (C=O) groups is 1. The Morgan fingerprint density at radius 3 is 2.74 bits per heavy atom. The molecule has 3 aromatic rings. The number of nitrogens with zero attached hydrogens (tertiary/aromatic N) is 3. The summed E-state index contributed by atoms with van der Waals surface area (Å²) < 4.78 is 18.0. The van der Waals surface area contributed by atoms with Crippen molar-refractivity contribution in [2.45, 2.75) is 26.9 Å². The minimum Gasteiger partial charge on any atom is -0.490 e. The predicted molar refractivity (Wildman–Crippen MR) is 121 cm³/mol. The SMILES string of the molecule is CCOc1cc(C=Nn2c(C)nc3ccc(Br)cc3c2=O)ccc1O[C@H](C)C(=O)OC. The van der Waals surface area contributed by atoms with E-state index in [1.54, 1.807) is 44.2 Å². The molecule has 9 heteroatoms. The summed E-state index contributed by atoms with van der Waals surface area (Å²) in [6.07, 6.45) is 0.753. The maximum absolute atomic E-state index is 12.9. The first-order chi connectivity index (χ1) is 14.8. The van der Waals surface area contributed by atoms with E-state index in [2.05, 4.69) is 30.8 Å². The van der Waals surface area contributed by atoms with Crippen LogP contribution in [0.2, 0.25) is 0 Å². The molecule has 31 heavy (non-hydrogen) atoms. The molecule has 1 atom stereocenters. The number of hydrogen-bond donors (Lipinski definition) is 0. The maximum Gasteiger partial charge on any atom is 0.346 e. The highest BCUT2D eigenvalue weighted by molar-refractivity contribution is 9.10. The molecule has 0 N–H and O–H groups in total. The van der Waals surface area contributed by atoms with Crippen LogP contribution < -0.4 is 15.0 Å². The smallest absolute Gasteiger partial charge is 0.346 e. The molecule has 1 heterocycles. The zero-order valence-electron chi connectivity index (χ0n) is 17.6. The first-order valence-electron chi connectivity index (χ1n) is 9.58. The highest BCUT2D eigenvalue weighted by atomic mass is 79.9. The lowest BCUT2D eigenvalue weighted by Crippen LogP contribution is -2.25. The molecule has 8 nitrogen and oxygen atoms in total. The molecule has 0 unspecified atom stereocenters. The van der Waals surface area contributed by atoms with Crippen LogP contribution in [0.15, 0.2) is 50.8 Å². The van der Waals surface area contributed by atoms with Gasteiger partial charge in [0, 0.05) is 4.47 Å². The summed E-state index contributed by atoms with van der Waals surface area (Å²) in [5.41, 5.74) is 1.02. The van der Waals surface area contributed by atoms with Gasteiger partial charge < -0.3 is 14.2 Å². The summed E-state index contributed by atoms with van der Waals surface area (Å²) in [5, 5.41) is 4.79. The molecule has 162 valence electrons. The third kappa shape index (κ3) is 5.11. The molecule has 0 bridgehead atoms. The molecule has 0 spiro atoms. The van der Waals surface area contributed by atoms with Crippen LogP contribution in [0, 0.1) is 6.92 Å². The first kappa shape index (κ1) is 22.5. The van der Waals surface area contributed by atoms with E-state index in [0.29, 0.717) is 40.4 Å². The lowest BCUT2D eigenvalue weighted by Gasteiger charge is -2.16. The van der Waals surface area contributed by atoms with Gasteiger partial charge in [-0.25, -0.2) is 9.78 Å². The summed E-state index contributed by atoms with van der Waals surface area (Å²) in [7, 11) is 1.30. The van der Waals surface area contributed by atoms with Crippen LogP contribution in [0.3, 0.4) is 0 Å². The van der Waals surface area contributed by atoms with Crippen molar-refractivity contribution >= 4 is 39.0 Å². The number of halogens is 1. The number of methoxy groups -OCH3 is 1. The molecule has 0 radical (unpaired) electrons. The highest BCUT2D eigenvalue weighted by Gasteiger charge is 2.17. The molecular formula is C22H22BrN3O5.